The molecule has 1 aliphatic rings. The summed E-state index contributed by atoms with van der Waals surface area (Å²) < 4.78 is 57.7. The van der Waals surface area contributed by atoms with Crippen molar-refractivity contribution in [2.24, 2.45) is 11.1 Å². The fourth-order valence-electron chi connectivity index (χ4n) is 4.19. The van der Waals surface area contributed by atoms with Crippen LogP contribution >= 0.6 is 0 Å². The van der Waals surface area contributed by atoms with E-state index < -0.39 is 16.9 Å². The number of nitrogens with two attached hydrogens (primary N) is 1. The van der Waals surface area contributed by atoms with Crippen molar-refractivity contribution in [2.45, 2.75) is 38.5 Å². The van der Waals surface area contributed by atoms with Gasteiger partial charge in [-0.15, -0.1) is 0 Å². The number of hydrogen-bond donors (Lipinski definition) is 2. The van der Waals surface area contributed by atoms with Crippen LogP contribution in [0.1, 0.15) is 40.9 Å². The molecular formula is C23H25F2N5O5S. The minimum absolute atomic E-state index is 0.0216. The third kappa shape index (κ3) is 7.06. The summed E-state index contributed by atoms with van der Waals surface area (Å²) >= 11 is 0. The van der Waals surface area contributed by atoms with E-state index in [-0.39, 0.29) is 42.3 Å². The van der Waals surface area contributed by atoms with Gasteiger partial charge in [-0.3, -0.25) is 18.6 Å². The molecule has 1 aliphatic carbocycles. The van der Waals surface area contributed by atoms with Gasteiger partial charge < -0.3 is 10.1 Å². The average Bonchev–Trinajstić information content (AvgIpc) is 3.47. The van der Waals surface area contributed by atoms with Crippen molar-refractivity contribution in [1.82, 2.24) is 14.8 Å². The minimum atomic E-state index is -3.98. The standard InChI is InChI=1S/C23H25F2N5O5S/c24-23(25)35-18-3-1-2-15(11-18)13-30-9-7-21(29-30)22(31)19-12-27-8-6-20(19)28-17-5-4-16(10-17)14-34-36(26,32)33/h1-3,6-9,11-12,16-17,23H,4-5,10,13-14H2,(H,27,28)(H2,26,32,33)/t16-,17+/m1/s1. The molecule has 3 N–H and O–H groups in total. The number of ether oxygens (including phenoxy) is 1. The highest BCUT2D eigenvalue weighted by molar-refractivity contribution is 7.84. The van der Waals surface area contributed by atoms with Gasteiger partial charge in [0.1, 0.15) is 11.4 Å². The molecule has 36 heavy (non-hydrogen) atoms. The molecular weight excluding hydrogens is 496 g/mol. The van der Waals surface area contributed by atoms with Gasteiger partial charge in [-0.2, -0.15) is 22.3 Å². The molecule has 2 aromatic heterocycles. The van der Waals surface area contributed by atoms with Gasteiger partial charge in [-0.05, 0) is 55.0 Å². The first-order valence-electron chi connectivity index (χ1n) is 11.2. The molecule has 0 bridgehead atoms. The Kier molecular flexibility index (Phi) is 7.91. The Morgan fingerprint density at radius 3 is 2.86 bits per heavy atom. The first-order valence-corrected chi connectivity index (χ1v) is 12.6. The predicted octanol–water partition coefficient (Wildman–Crippen LogP) is 2.96. The molecule has 10 nitrogen and oxygen atoms in total. The van der Waals surface area contributed by atoms with Gasteiger partial charge in [0.05, 0.1) is 18.7 Å². The number of ketones is 1. The molecule has 13 heteroatoms. The Morgan fingerprint density at radius 2 is 2.08 bits per heavy atom. The molecule has 3 aromatic rings. The van der Waals surface area contributed by atoms with Gasteiger partial charge in [-0.25, -0.2) is 5.14 Å². The van der Waals surface area contributed by atoms with Crippen LogP contribution in [-0.2, 0) is 21.0 Å². The lowest BCUT2D eigenvalue weighted by atomic mass is 10.1. The van der Waals surface area contributed by atoms with Crippen molar-refractivity contribution >= 4 is 21.8 Å². The van der Waals surface area contributed by atoms with Crippen LogP contribution in [0.4, 0.5) is 14.5 Å². The number of carbonyl (C=O) groups is 1. The van der Waals surface area contributed by atoms with Crippen molar-refractivity contribution in [2.75, 3.05) is 11.9 Å². The van der Waals surface area contributed by atoms with Crippen molar-refractivity contribution in [3.8, 4) is 5.75 Å². The SMILES string of the molecule is NS(=O)(=O)OC[C@@H]1CC[C@H](Nc2ccncc2C(=O)c2ccn(Cc3cccc(OC(F)F)c3)n2)C1. The quantitative estimate of drug-likeness (QED) is 0.367. The second-order valence-corrected chi connectivity index (χ2v) is 9.69. The maximum atomic E-state index is 13.2. The molecule has 192 valence electrons. The van der Waals surface area contributed by atoms with Crippen LogP contribution in [0.3, 0.4) is 0 Å². The molecule has 0 saturated heterocycles. The number of benzene rings is 1. The highest BCUT2D eigenvalue weighted by Gasteiger charge is 2.27. The van der Waals surface area contributed by atoms with Crippen LogP contribution in [0, 0.1) is 5.92 Å². The number of halogens is 2. The molecule has 0 spiro atoms. The maximum Gasteiger partial charge on any atom is 0.387 e. The fraction of sp³-hybridized carbons (Fsp3) is 0.348. The Labute approximate surface area is 206 Å². The van der Waals surface area contributed by atoms with Crippen molar-refractivity contribution in [3.63, 3.8) is 0 Å². The summed E-state index contributed by atoms with van der Waals surface area (Å²) in [5, 5.41) is 12.6. The van der Waals surface area contributed by atoms with Gasteiger partial charge >= 0.3 is 16.9 Å². The normalized spacial score (nSPS) is 17.9. The molecule has 1 fully saturated rings. The summed E-state index contributed by atoms with van der Waals surface area (Å²) in [5.74, 6) is -0.254. The van der Waals surface area contributed by atoms with Crippen LogP contribution in [0.25, 0.3) is 0 Å². The van der Waals surface area contributed by atoms with Crippen molar-refractivity contribution in [3.05, 3.63) is 71.8 Å². The van der Waals surface area contributed by atoms with E-state index in [1.54, 1.807) is 36.7 Å². The lowest BCUT2D eigenvalue weighted by molar-refractivity contribution is -0.0498. The number of rotatable bonds is 11. The highest BCUT2D eigenvalue weighted by atomic mass is 32.2. The van der Waals surface area contributed by atoms with Gasteiger partial charge in [0, 0.05) is 30.3 Å². The van der Waals surface area contributed by atoms with Crippen molar-refractivity contribution < 1.29 is 30.9 Å². The summed E-state index contributed by atoms with van der Waals surface area (Å²) in [4.78, 5) is 17.3. The second kappa shape index (κ2) is 11.1. The molecule has 2 heterocycles. The predicted molar refractivity (Wildman–Crippen MR) is 126 cm³/mol. The maximum absolute atomic E-state index is 13.2. The number of anilines is 1. The lowest BCUT2D eigenvalue weighted by Crippen LogP contribution is -2.21. The van der Waals surface area contributed by atoms with Gasteiger partial charge in [-0.1, -0.05) is 12.1 Å². The lowest BCUT2D eigenvalue weighted by Gasteiger charge is -2.16. The topological polar surface area (TPSA) is 138 Å². The van der Waals surface area contributed by atoms with Crippen LogP contribution in [-0.4, -0.2) is 48.2 Å². The molecule has 0 amide bonds. The van der Waals surface area contributed by atoms with Crippen LogP contribution < -0.4 is 15.2 Å². The monoisotopic (exact) mass is 521 g/mol. The molecule has 4 rings (SSSR count). The number of pyridine rings is 1. The average molecular weight is 522 g/mol. The van der Waals surface area contributed by atoms with E-state index in [0.717, 1.165) is 12.8 Å². The minimum Gasteiger partial charge on any atom is -0.435 e. The van der Waals surface area contributed by atoms with Gasteiger partial charge in [0.25, 0.3) is 0 Å². The third-order valence-corrected chi connectivity index (χ3v) is 6.24. The van der Waals surface area contributed by atoms with Crippen LogP contribution in [0.2, 0.25) is 0 Å². The van der Waals surface area contributed by atoms with E-state index in [4.69, 9.17) is 9.32 Å². The van der Waals surface area contributed by atoms with Crippen LogP contribution in [0.5, 0.6) is 5.75 Å². The number of carbonyl (C=O) groups excluding carboxylic acids is 1. The first-order chi connectivity index (χ1) is 17.2. The zero-order chi connectivity index (χ0) is 25.7. The molecule has 0 radical (unpaired) electrons. The van der Waals surface area contributed by atoms with E-state index in [0.29, 0.717) is 23.2 Å². The largest absolute Gasteiger partial charge is 0.435 e. The fourth-order valence-corrected chi connectivity index (χ4v) is 4.57. The molecule has 0 aliphatic heterocycles. The summed E-state index contributed by atoms with van der Waals surface area (Å²) in [5.41, 5.74) is 1.83. The highest BCUT2D eigenvalue weighted by Crippen LogP contribution is 2.30. The summed E-state index contributed by atoms with van der Waals surface area (Å²) in [6, 6.07) is 9.57. The Morgan fingerprint density at radius 1 is 1.25 bits per heavy atom. The van der Waals surface area contributed by atoms with E-state index >= 15 is 0 Å². The van der Waals surface area contributed by atoms with E-state index in [1.807, 2.05) is 0 Å². The summed E-state index contributed by atoms with van der Waals surface area (Å²) in [6.07, 6.45) is 6.86. The smallest absolute Gasteiger partial charge is 0.387 e. The third-order valence-electron chi connectivity index (χ3n) is 5.78. The number of nitrogens with zero attached hydrogens (tertiary/aromatic N) is 3. The van der Waals surface area contributed by atoms with Crippen molar-refractivity contribution in [1.29, 1.82) is 0 Å². The van der Waals surface area contributed by atoms with E-state index in [2.05, 4.69) is 20.1 Å². The summed E-state index contributed by atoms with van der Waals surface area (Å²) in [7, 11) is -3.98. The first kappa shape index (κ1) is 25.7. The van der Waals surface area contributed by atoms with E-state index in [1.165, 1.54) is 23.0 Å². The van der Waals surface area contributed by atoms with Gasteiger partial charge in [0.15, 0.2) is 0 Å². The number of aromatic nitrogens is 3. The van der Waals surface area contributed by atoms with E-state index in [9.17, 15) is 22.0 Å². The molecule has 1 aromatic carbocycles. The Bertz CT molecular complexity index is 1320. The molecule has 0 unspecified atom stereocenters. The zero-order valence-electron chi connectivity index (χ0n) is 19.1. The molecule has 1 saturated carbocycles. The number of hydrogen-bond acceptors (Lipinski definition) is 8. The Hall–Kier alpha value is -3.42. The van der Waals surface area contributed by atoms with Gasteiger partial charge in [0.2, 0.25) is 5.78 Å². The zero-order valence-corrected chi connectivity index (χ0v) is 19.9. The Balaban J connectivity index is 1.41. The van der Waals surface area contributed by atoms with Crippen LogP contribution in [0.15, 0.2) is 55.0 Å². The second-order valence-electron chi connectivity index (χ2n) is 8.47. The number of nitrogens with one attached hydrogen (secondary N) is 1. The number of alkyl halides is 2. The summed E-state index contributed by atoms with van der Waals surface area (Å²) in [6.45, 7) is -2.63. The molecule has 2 atom stereocenters.